The lowest BCUT2D eigenvalue weighted by Crippen LogP contribution is -2.26. The zero-order chi connectivity index (χ0) is 19.7. The zero-order valence-corrected chi connectivity index (χ0v) is 17.7. The molecule has 0 spiro atoms. The van der Waals surface area contributed by atoms with Crippen molar-refractivity contribution in [2.45, 2.75) is 44.0 Å². The van der Waals surface area contributed by atoms with Gasteiger partial charge in [0.05, 0.1) is 10.6 Å². The van der Waals surface area contributed by atoms with Gasteiger partial charge in [0, 0.05) is 12.7 Å². The van der Waals surface area contributed by atoms with Gasteiger partial charge in [-0.1, -0.05) is 43.8 Å². The molecule has 3 rings (SSSR count). The summed E-state index contributed by atoms with van der Waals surface area (Å²) in [4.78, 5) is 30.5. The summed E-state index contributed by atoms with van der Waals surface area (Å²) in [5.74, 6) is 0.212. The third-order valence-electron chi connectivity index (χ3n) is 4.49. The molecule has 7 heteroatoms. The molecule has 0 radical (unpaired) electrons. The number of carbonyl (C=O) groups is 1. The quantitative estimate of drug-likeness (QED) is 0.503. The molecule has 142 valence electrons. The van der Waals surface area contributed by atoms with Gasteiger partial charge in [0.2, 0.25) is 5.91 Å². The van der Waals surface area contributed by atoms with E-state index in [4.69, 9.17) is 0 Å². The lowest BCUT2D eigenvalue weighted by molar-refractivity contribution is -0.115. The molecule has 2 aromatic heterocycles. The molecule has 1 amide bonds. The molecule has 0 saturated carbocycles. The van der Waals surface area contributed by atoms with Gasteiger partial charge in [-0.05, 0) is 42.3 Å². The molecule has 0 fully saturated rings. The lowest BCUT2D eigenvalue weighted by Gasteiger charge is -2.19. The van der Waals surface area contributed by atoms with Crippen molar-refractivity contribution in [3.63, 3.8) is 0 Å². The molecule has 1 atom stereocenters. The van der Waals surface area contributed by atoms with Crippen molar-refractivity contribution in [1.82, 2.24) is 9.55 Å². The van der Waals surface area contributed by atoms with Crippen LogP contribution < -0.4 is 10.9 Å². The topological polar surface area (TPSA) is 64.0 Å². The number of fused-ring (bicyclic) bond motifs is 1. The molecule has 3 aromatic rings. The van der Waals surface area contributed by atoms with Crippen LogP contribution in [-0.4, -0.2) is 20.7 Å². The summed E-state index contributed by atoms with van der Waals surface area (Å²) in [6.45, 7) is 8.05. The Bertz CT molecular complexity index is 1050. The molecule has 0 saturated heterocycles. The Balaban J connectivity index is 1.84. The first-order chi connectivity index (χ1) is 12.8. The summed E-state index contributed by atoms with van der Waals surface area (Å²) < 4.78 is 1.51. The number of anilines is 1. The second kappa shape index (κ2) is 7.86. The van der Waals surface area contributed by atoms with Crippen LogP contribution in [0.4, 0.5) is 5.69 Å². The van der Waals surface area contributed by atoms with E-state index in [1.807, 2.05) is 37.4 Å². The van der Waals surface area contributed by atoms with Gasteiger partial charge in [-0.2, -0.15) is 0 Å². The molecule has 0 aliphatic heterocycles. The number of carbonyl (C=O) groups excluding carboxylic acids is 1. The highest BCUT2D eigenvalue weighted by Crippen LogP contribution is 2.29. The van der Waals surface area contributed by atoms with Gasteiger partial charge in [0.15, 0.2) is 5.16 Å². The Kier molecular flexibility index (Phi) is 5.72. The van der Waals surface area contributed by atoms with E-state index in [2.05, 4.69) is 24.1 Å². The Labute approximate surface area is 166 Å². The molecule has 27 heavy (non-hydrogen) atoms. The number of thiophene rings is 1. The maximum Gasteiger partial charge on any atom is 0.262 e. The van der Waals surface area contributed by atoms with Gasteiger partial charge < -0.3 is 5.32 Å². The average molecular weight is 402 g/mol. The SMILES string of the molecule is Cc1cccc(C(C)C)c1NC(=O)C(C)Sc1nc2sccc2c(=O)n1C. The van der Waals surface area contributed by atoms with Crippen molar-refractivity contribution in [2.75, 3.05) is 5.32 Å². The molecular formula is C20H23N3O2S2. The summed E-state index contributed by atoms with van der Waals surface area (Å²) in [6, 6.07) is 7.83. The largest absolute Gasteiger partial charge is 0.325 e. The van der Waals surface area contributed by atoms with Crippen molar-refractivity contribution < 1.29 is 4.79 Å². The van der Waals surface area contributed by atoms with E-state index < -0.39 is 0 Å². The number of rotatable bonds is 5. The van der Waals surface area contributed by atoms with Crippen LogP contribution in [0.25, 0.3) is 10.2 Å². The Hall–Kier alpha value is -2.12. The van der Waals surface area contributed by atoms with E-state index in [-0.39, 0.29) is 16.7 Å². The van der Waals surface area contributed by atoms with Crippen LogP contribution in [0.3, 0.4) is 0 Å². The van der Waals surface area contributed by atoms with E-state index >= 15 is 0 Å². The summed E-state index contributed by atoms with van der Waals surface area (Å²) >= 11 is 2.73. The summed E-state index contributed by atoms with van der Waals surface area (Å²) in [5, 5.41) is 5.71. The highest BCUT2D eigenvalue weighted by Gasteiger charge is 2.20. The summed E-state index contributed by atoms with van der Waals surface area (Å²) in [7, 11) is 1.69. The van der Waals surface area contributed by atoms with Crippen molar-refractivity contribution in [1.29, 1.82) is 0 Å². The van der Waals surface area contributed by atoms with Gasteiger partial charge >= 0.3 is 0 Å². The molecule has 1 N–H and O–H groups in total. The standard InChI is InChI=1S/C20H23N3O2S2/c1-11(2)14-8-6-7-12(3)16(14)21-17(24)13(4)27-20-22-18-15(9-10-26-18)19(25)23(20)5/h6-11,13H,1-5H3,(H,21,24). The number of benzene rings is 1. The minimum Gasteiger partial charge on any atom is -0.325 e. The van der Waals surface area contributed by atoms with E-state index in [9.17, 15) is 9.59 Å². The third kappa shape index (κ3) is 3.94. The lowest BCUT2D eigenvalue weighted by atomic mass is 9.98. The second-order valence-electron chi connectivity index (χ2n) is 6.84. The third-order valence-corrected chi connectivity index (χ3v) is 6.44. The number of hydrogen-bond donors (Lipinski definition) is 1. The zero-order valence-electron chi connectivity index (χ0n) is 16.1. The number of aryl methyl sites for hydroxylation is 1. The number of para-hydroxylation sites is 1. The Morgan fingerprint density at radius 2 is 2.00 bits per heavy atom. The molecule has 0 bridgehead atoms. The predicted octanol–water partition coefficient (Wildman–Crippen LogP) is 4.55. The maximum absolute atomic E-state index is 12.8. The van der Waals surface area contributed by atoms with Crippen LogP contribution in [0.15, 0.2) is 39.6 Å². The molecule has 1 aromatic carbocycles. The van der Waals surface area contributed by atoms with E-state index in [0.29, 0.717) is 21.3 Å². The normalized spacial score (nSPS) is 12.5. The molecule has 0 aliphatic carbocycles. The number of hydrogen-bond acceptors (Lipinski definition) is 5. The number of nitrogens with zero attached hydrogens (tertiary/aromatic N) is 2. The summed E-state index contributed by atoms with van der Waals surface area (Å²) in [5.41, 5.74) is 2.95. The number of nitrogens with one attached hydrogen (secondary N) is 1. The fourth-order valence-corrected chi connectivity index (χ4v) is 4.54. The van der Waals surface area contributed by atoms with Crippen molar-refractivity contribution >= 4 is 44.9 Å². The summed E-state index contributed by atoms with van der Waals surface area (Å²) in [6.07, 6.45) is 0. The Morgan fingerprint density at radius 1 is 1.26 bits per heavy atom. The van der Waals surface area contributed by atoms with Crippen molar-refractivity contribution in [3.8, 4) is 0 Å². The number of aromatic nitrogens is 2. The van der Waals surface area contributed by atoms with Crippen LogP contribution in [0.1, 0.15) is 37.8 Å². The van der Waals surface area contributed by atoms with Gasteiger partial charge in [-0.3, -0.25) is 14.2 Å². The smallest absolute Gasteiger partial charge is 0.262 e. The number of thioether (sulfide) groups is 1. The molecular weight excluding hydrogens is 378 g/mol. The van der Waals surface area contributed by atoms with Crippen LogP contribution in [0, 0.1) is 6.92 Å². The van der Waals surface area contributed by atoms with E-state index in [1.165, 1.54) is 27.7 Å². The minimum atomic E-state index is -0.389. The van der Waals surface area contributed by atoms with Crippen molar-refractivity contribution in [3.05, 3.63) is 51.1 Å². The van der Waals surface area contributed by atoms with Gasteiger partial charge in [0.25, 0.3) is 5.56 Å². The van der Waals surface area contributed by atoms with Crippen LogP contribution >= 0.6 is 23.1 Å². The van der Waals surface area contributed by atoms with Crippen molar-refractivity contribution in [2.24, 2.45) is 7.05 Å². The van der Waals surface area contributed by atoms with Gasteiger partial charge in [0.1, 0.15) is 4.83 Å². The number of amides is 1. The van der Waals surface area contributed by atoms with E-state index in [1.54, 1.807) is 13.1 Å². The molecule has 1 unspecified atom stereocenters. The first-order valence-corrected chi connectivity index (χ1v) is 10.6. The molecule has 5 nitrogen and oxygen atoms in total. The fraction of sp³-hybridized carbons (Fsp3) is 0.350. The Morgan fingerprint density at radius 3 is 2.70 bits per heavy atom. The first-order valence-electron chi connectivity index (χ1n) is 8.80. The van der Waals surface area contributed by atoms with Gasteiger partial charge in [-0.15, -0.1) is 11.3 Å². The monoisotopic (exact) mass is 401 g/mol. The first kappa shape index (κ1) is 19.6. The predicted molar refractivity (Wildman–Crippen MR) is 114 cm³/mol. The second-order valence-corrected chi connectivity index (χ2v) is 9.04. The highest BCUT2D eigenvalue weighted by molar-refractivity contribution is 8.00. The maximum atomic E-state index is 12.8. The van der Waals surface area contributed by atoms with Gasteiger partial charge in [-0.25, -0.2) is 4.98 Å². The average Bonchev–Trinajstić information content (AvgIpc) is 3.09. The molecule has 2 heterocycles. The molecule has 0 aliphatic rings. The van der Waals surface area contributed by atoms with Crippen LogP contribution in [0.5, 0.6) is 0 Å². The minimum absolute atomic E-state index is 0.0858. The van der Waals surface area contributed by atoms with Crippen LogP contribution in [-0.2, 0) is 11.8 Å². The van der Waals surface area contributed by atoms with Crippen LogP contribution in [0.2, 0.25) is 0 Å². The highest BCUT2D eigenvalue weighted by atomic mass is 32.2. The fourth-order valence-electron chi connectivity index (χ4n) is 2.86. The van der Waals surface area contributed by atoms with E-state index in [0.717, 1.165) is 16.8 Å².